The molecular formula is C17H27NO. The van der Waals surface area contributed by atoms with Gasteiger partial charge < -0.3 is 10.1 Å². The van der Waals surface area contributed by atoms with E-state index in [1.165, 1.54) is 11.1 Å². The number of ether oxygens (including phenoxy) is 1. The van der Waals surface area contributed by atoms with Gasteiger partial charge in [0.1, 0.15) is 12.4 Å². The Balaban J connectivity index is 2.68. The number of nitrogens with one attached hydrogen (secondary N) is 1. The van der Waals surface area contributed by atoms with Crippen molar-refractivity contribution in [2.75, 3.05) is 13.2 Å². The molecule has 106 valence electrons. The van der Waals surface area contributed by atoms with E-state index in [0.717, 1.165) is 30.8 Å². The summed E-state index contributed by atoms with van der Waals surface area (Å²) in [6.45, 7) is 15.1. The van der Waals surface area contributed by atoms with Gasteiger partial charge in [0.15, 0.2) is 0 Å². The summed E-state index contributed by atoms with van der Waals surface area (Å²) in [5.74, 6) is 1.67. The first kappa shape index (κ1) is 15.8. The van der Waals surface area contributed by atoms with E-state index >= 15 is 0 Å². The van der Waals surface area contributed by atoms with Crippen LogP contribution in [0.2, 0.25) is 0 Å². The number of para-hydroxylation sites is 1. The van der Waals surface area contributed by atoms with Crippen LogP contribution in [0.25, 0.3) is 0 Å². The van der Waals surface area contributed by atoms with E-state index in [1.54, 1.807) is 0 Å². The molecule has 0 radical (unpaired) electrons. The lowest BCUT2D eigenvalue weighted by molar-refractivity contribution is 0.341. The first-order valence-corrected chi connectivity index (χ1v) is 7.13. The molecule has 1 aromatic rings. The normalized spacial score (nSPS) is 10.8. The fourth-order valence-corrected chi connectivity index (χ4v) is 1.83. The maximum atomic E-state index is 5.94. The third-order valence-electron chi connectivity index (χ3n) is 3.08. The number of rotatable bonds is 8. The topological polar surface area (TPSA) is 21.3 Å². The van der Waals surface area contributed by atoms with E-state index < -0.39 is 0 Å². The van der Waals surface area contributed by atoms with Gasteiger partial charge in [0.25, 0.3) is 0 Å². The Morgan fingerprint density at radius 1 is 1.37 bits per heavy atom. The van der Waals surface area contributed by atoms with Crippen LogP contribution in [0.3, 0.4) is 0 Å². The lowest BCUT2D eigenvalue weighted by Crippen LogP contribution is -2.19. The molecule has 0 unspecified atom stereocenters. The fourth-order valence-electron chi connectivity index (χ4n) is 1.83. The van der Waals surface area contributed by atoms with Crippen LogP contribution in [-0.2, 0) is 6.54 Å². The van der Waals surface area contributed by atoms with E-state index in [4.69, 9.17) is 4.74 Å². The molecule has 2 heteroatoms. The second-order valence-corrected chi connectivity index (χ2v) is 5.48. The average Bonchev–Trinajstić information content (AvgIpc) is 2.37. The molecule has 0 aliphatic carbocycles. The molecule has 0 aliphatic rings. The molecule has 1 aromatic carbocycles. The van der Waals surface area contributed by atoms with Gasteiger partial charge in [-0.2, -0.15) is 0 Å². The number of benzene rings is 1. The van der Waals surface area contributed by atoms with Crippen LogP contribution >= 0.6 is 0 Å². The molecule has 2 nitrogen and oxygen atoms in total. The SMILES string of the molecule is C=C(CC)COc1c(C)cccc1CNCC(C)C. The van der Waals surface area contributed by atoms with Gasteiger partial charge in [0, 0.05) is 12.1 Å². The highest BCUT2D eigenvalue weighted by atomic mass is 16.5. The van der Waals surface area contributed by atoms with E-state index in [-0.39, 0.29) is 0 Å². The molecule has 0 aromatic heterocycles. The summed E-state index contributed by atoms with van der Waals surface area (Å²) in [6, 6.07) is 6.31. The van der Waals surface area contributed by atoms with Gasteiger partial charge in [0.05, 0.1) is 0 Å². The minimum Gasteiger partial charge on any atom is -0.489 e. The fraction of sp³-hybridized carbons (Fsp3) is 0.529. The Hall–Kier alpha value is -1.28. The van der Waals surface area contributed by atoms with Crippen molar-refractivity contribution < 1.29 is 4.74 Å². The molecule has 0 aliphatic heterocycles. The van der Waals surface area contributed by atoms with Crippen LogP contribution in [0, 0.1) is 12.8 Å². The third kappa shape index (κ3) is 5.48. The van der Waals surface area contributed by atoms with Gasteiger partial charge in [-0.05, 0) is 36.9 Å². The number of hydrogen-bond acceptors (Lipinski definition) is 2. The van der Waals surface area contributed by atoms with Crippen LogP contribution in [-0.4, -0.2) is 13.2 Å². The summed E-state index contributed by atoms with van der Waals surface area (Å²) in [5.41, 5.74) is 3.54. The minimum absolute atomic E-state index is 0.610. The minimum atomic E-state index is 0.610. The summed E-state index contributed by atoms with van der Waals surface area (Å²) in [6.07, 6.45) is 0.965. The Morgan fingerprint density at radius 3 is 2.74 bits per heavy atom. The van der Waals surface area contributed by atoms with Gasteiger partial charge >= 0.3 is 0 Å². The van der Waals surface area contributed by atoms with Gasteiger partial charge in [-0.1, -0.05) is 45.5 Å². The molecule has 0 amide bonds. The summed E-state index contributed by atoms with van der Waals surface area (Å²) in [4.78, 5) is 0. The molecule has 0 spiro atoms. The molecule has 19 heavy (non-hydrogen) atoms. The van der Waals surface area contributed by atoms with Crippen LogP contribution in [0.15, 0.2) is 30.4 Å². The smallest absolute Gasteiger partial charge is 0.127 e. The summed E-state index contributed by atoms with van der Waals surface area (Å²) in [7, 11) is 0. The Bertz CT molecular complexity index is 410. The number of hydrogen-bond donors (Lipinski definition) is 1. The van der Waals surface area contributed by atoms with Crippen LogP contribution < -0.4 is 10.1 Å². The van der Waals surface area contributed by atoms with Gasteiger partial charge in [-0.15, -0.1) is 0 Å². The molecule has 0 saturated heterocycles. The molecular weight excluding hydrogens is 234 g/mol. The quantitative estimate of drug-likeness (QED) is 0.712. The first-order valence-electron chi connectivity index (χ1n) is 7.13. The largest absolute Gasteiger partial charge is 0.489 e. The molecule has 1 N–H and O–H groups in total. The lowest BCUT2D eigenvalue weighted by atomic mass is 10.1. The van der Waals surface area contributed by atoms with Crippen molar-refractivity contribution in [2.45, 2.75) is 40.7 Å². The molecule has 0 saturated carbocycles. The van der Waals surface area contributed by atoms with Gasteiger partial charge in [-0.3, -0.25) is 0 Å². The third-order valence-corrected chi connectivity index (χ3v) is 3.08. The zero-order valence-corrected chi connectivity index (χ0v) is 12.8. The van der Waals surface area contributed by atoms with Crippen molar-refractivity contribution in [2.24, 2.45) is 5.92 Å². The highest BCUT2D eigenvalue weighted by Crippen LogP contribution is 2.24. The second kappa shape index (κ2) is 8.00. The van der Waals surface area contributed by atoms with Crippen LogP contribution in [0.4, 0.5) is 0 Å². The van der Waals surface area contributed by atoms with Gasteiger partial charge in [0.2, 0.25) is 0 Å². The highest BCUT2D eigenvalue weighted by Gasteiger charge is 2.07. The molecule has 0 fully saturated rings. The zero-order chi connectivity index (χ0) is 14.3. The molecule has 1 rings (SSSR count). The van der Waals surface area contributed by atoms with Gasteiger partial charge in [-0.25, -0.2) is 0 Å². The highest BCUT2D eigenvalue weighted by molar-refractivity contribution is 5.41. The molecule has 0 atom stereocenters. The monoisotopic (exact) mass is 261 g/mol. The van der Waals surface area contributed by atoms with Crippen molar-refractivity contribution in [1.82, 2.24) is 5.32 Å². The van der Waals surface area contributed by atoms with E-state index in [9.17, 15) is 0 Å². The molecule has 0 heterocycles. The summed E-state index contributed by atoms with van der Waals surface area (Å²) < 4.78 is 5.94. The predicted octanol–water partition coefficient (Wildman–Crippen LogP) is 4.09. The zero-order valence-electron chi connectivity index (χ0n) is 12.8. The summed E-state index contributed by atoms with van der Waals surface area (Å²) in [5, 5.41) is 3.47. The van der Waals surface area contributed by atoms with E-state index in [0.29, 0.717) is 12.5 Å². The maximum absolute atomic E-state index is 5.94. The Kier molecular flexibility index (Phi) is 6.65. The van der Waals surface area contributed by atoms with Crippen molar-refractivity contribution in [3.8, 4) is 5.75 Å². The second-order valence-electron chi connectivity index (χ2n) is 5.48. The average molecular weight is 261 g/mol. The van der Waals surface area contributed by atoms with Crippen molar-refractivity contribution >= 4 is 0 Å². The molecule has 0 bridgehead atoms. The first-order chi connectivity index (χ1) is 9.04. The van der Waals surface area contributed by atoms with Crippen molar-refractivity contribution in [3.63, 3.8) is 0 Å². The van der Waals surface area contributed by atoms with Crippen LogP contribution in [0.1, 0.15) is 38.3 Å². The Morgan fingerprint density at radius 2 is 2.11 bits per heavy atom. The van der Waals surface area contributed by atoms with E-state index in [2.05, 4.69) is 57.8 Å². The number of aryl methyl sites for hydroxylation is 1. The van der Waals surface area contributed by atoms with Crippen molar-refractivity contribution in [3.05, 3.63) is 41.5 Å². The summed E-state index contributed by atoms with van der Waals surface area (Å²) >= 11 is 0. The van der Waals surface area contributed by atoms with Crippen molar-refractivity contribution in [1.29, 1.82) is 0 Å². The van der Waals surface area contributed by atoms with E-state index in [1.807, 2.05) is 0 Å². The standard InChI is InChI=1S/C17H27NO/c1-6-14(4)12-19-17-15(5)8-7-9-16(17)11-18-10-13(2)3/h7-9,13,18H,4,6,10-12H2,1-3,5H3. The lowest BCUT2D eigenvalue weighted by Gasteiger charge is -2.16. The maximum Gasteiger partial charge on any atom is 0.127 e. The Labute approximate surface area is 117 Å². The predicted molar refractivity (Wildman–Crippen MR) is 82.6 cm³/mol. The van der Waals surface area contributed by atoms with Crippen LogP contribution in [0.5, 0.6) is 5.75 Å².